The highest BCUT2D eigenvalue weighted by molar-refractivity contribution is 7.10. The molecule has 2 unspecified atom stereocenters. The average Bonchev–Trinajstić information content (AvgIpc) is 3.10. The number of carbonyl (C=O) groups excluding carboxylic acids is 1. The van der Waals surface area contributed by atoms with E-state index in [1.807, 2.05) is 15.9 Å². The number of terminal acetylenes is 1. The maximum Gasteiger partial charge on any atom is 0.327 e. The predicted molar refractivity (Wildman–Crippen MR) is 123 cm³/mol. The van der Waals surface area contributed by atoms with Crippen LogP contribution < -0.4 is 4.90 Å². The van der Waals surface area contributed by atoms with Gasteiger partial charge in [0, 0.05) is 24.6 Å². The summed E-state index contributed by atoms with van der Waals surface area (Å²) in [5.74, 6) is 3.00. The smallest absolute Gasteiger partial charge is 0.311 e. The second-order valence-corrected chi connectivity index (χ2v) is 8.79. The average molecular weight is 417 g/mol. The Morgan fingerprint density at radius 1 is 1.28 bits per heavy atom. The summed E-state index contributed by atoms with van der Waals surface area (Å²) in [5.41, 5.74) is 2.42. The van der Waals surface area contributed by atoms with E-state index in [4.69, 9.17) is 10.8 Å². The quantitative estimate of drug-likeness (QED) is 0.371. The zero-order valence-corrected chi connectivity index (χ0v) is 19.3. The molecule has 0 saturated carbocycles. The van der Waals surface area contributed by atoms with Crippen LogP contribution >= 0.6 is 11.5 Å². The normalized spacial score (nSPS) is 17.3. The number of rotatable bonds is 11. The minimum atomic E-state index is 0.0610. The van der Waals surface area contributed by atoms with Crippen LogP contribution in [0.25, 0.3) is 0 Å². The fourth-order valence-electron chi connectivity index (χ4n) is 3.61. The number of nitrogens with zero attached hydrogens (tertiary/aromatic N) is 4. The van der Waals surface area contributed by atoms with Gasteiger partial charge < -0.3 is 4.90 Å². The first kappa shape index (κ1) is 23.4. The van der Waals surface area contributed by atoms with Gasteiger partial charge in [-0.2, -0.15) is 4.37 Å². The van der Waals surface area contributed by atoms with Crippen molar-refractivity contribution in [1.82, 2.24) is 14.2 Å². The minimum absolute atomic E-state index is 0.0610. The molecule has 1 aromatic rings. The van der Waals surface area contributed by atoms with Crippen molar-refractivity contribution in [2.45, 2.75) is 72.3 Å². The van der Waals surface area contributed by atoms with E-state index in [9.17, 15) is 4.79 Å². The summed E-state index contributed by atoms with van der Waals surface area (Å²) in [4.78, 5) is 19.5. The monoisotopic (exact) mass is 416 g/mol. The number of anilines is 1. The summed E-state index contributed by atoms with van der Waals surface area (Å²) < 4.78 is 4.75. The molecule has 1 fully saturated rings. The van der Waals surface area contributed by atoms with Crippen molar-refractivity contribution in [2.24, 2.45) is 5.92 Å². The lowest BCUT2D eigenvalue weighted by Gasteiger charge is -2.44. The summed E-state index contributed by atoms with van der Waals surface area (Å²) >= 11 is 1.47. The van der Waals surface area contributed by atoms with Crippen LogP contribution in [0.2, 0.25) is 0 Å². The molecule has 2 rings (SSSR count). The molecular weight excluding hydrogens is 380 g/mol. The van der Waals surface area contributed by atoms with Crippen molar-refractivity contribution >= 4 is 22.6 Å². The lowest BCUT2D eigenvalue weighted by Crippen LogP contribution is -2.60. The summed E-state index contributed by atoms with van der Waals surface area (Å²) in [6, 6.07) is 0.269. The first-order chi connectivity index (χ1) is 14.0. The Labute approximate surface area is 180 Å². The van der Waals surface area contributed by atoms with Crippen LogP contribution in [-0.2, 0) is 12.8 Å². The molecule has 0 aliphatic carbocycles. The number of carbonyl (C=O) groups is 1. The van der Waals surface area contributed by atoms with Gasteiger partial charge in [0.1, 0.15) is 5.00 Å². The standard InChI is InChI=1S/C23H36N4OS/c1-7-11-14-21-20(13-9-3)22(29-24-21)27-17-26(19(6)12-8-2)16-25(23(27)28)15-18(5)10-4/h2,10,18-19H,4,7,9,11-17H2,1,3,5-6H3. The Balaban J connectivity index is 2.37. The lowest BCUT2D eigenvalue weighted by molar-refractivity contribution is 0.0860. The third kappa shape index (κ3) is 5.83. The molecule has 2 heterocycles. The third-order valence-corrected chi connectivity index (χ3v) is 6.44. The van der Waals surface area contributed by atoms with E-state index in [1.54, 1.807) is 0 Å². The second-order valence-electron chi connectivity index (χ2n) is 8.04. The zero-order valence-electron chi connectivity index (χ0n) is 18.5. The lowest BCUT2D eigenvalue weighted by atomic mass is 10.1. The molecule has 5 nitrogen and oxygen atoms in total. The maximum atomic E-state index is 13.4. The second kappa shape index (κ2) is 11.4. The molecule has 0 N–H and O–H groups in total. The Morgan fingerprint density at radius 3 is 2.66 bits per heavy atom. The van der Waals surface area contributed by atoms with Gasteiger partial charge in [0.05, 0.1) is 19.0 Å². The summed E-state index contributed by atoms with van der Waals surface area (Å²) in [5, 5.41) is 1.01. The Bertz CT molecular complexity index is 723. The van der Waals surface area contributed by atoms with Crippen LogP contribution in [0, 0.1) is 18.3 Å². The molecule has 1 aliphatic heterocycles. The van der Waals surface area contributed by atoms with E-state index in [0.717, 1.165) is 37.1 Å². The topological polar surface area (TPSA) is 39.7 Å². The van der Waals surface area contributed by atoms with E-state index < -0.39 is 0 Å². The molecule has 2 amide bonds. The van der Waals surface area contributed by atoms with Gasteiger partial charge in [-0.3, -0.25) is 9.80 Å². The van der Waals surface area contributed by atoms with E-state index in [-0.39, 0.29) is 18.0 Å². The molecule has 6 heteroatoms. The van der Waals surface area contributed by atoms with E-state index in [1.165, 1.54) is 22.8 Å². The minimum Gasteiger partial charge on any atom is -0.311 e. The van der Waals surface area contributed by atoms with Crippen LogP contribution in [0.1, 0.15) is 64.6 Å². The first-order valence-corrected chi connectivity index (χ1v) is 11.6. The predicted octanol–water partition coefficient (Wildman–Crippen LogP) is 5.13. The number of hydrogen-bond donors (Lipinski definition) is 0. The van der Waals surface area contributed by atoms with Crippen molar-refractivity contribution in [1.29, 1.82) is 0 Å². The largest absolute Gasteiger partial charge is 0.327 e. The molecule has 2 atom stereocenters. The zero-order chi connectivity index (χ0) is 21.4. The van der Waals surface area contributed by atoms with Gasteiger partial charge in [0.2, 0.25) is 0 Å². The highest BCUT2D eigenvalue weighted by Crippen LogP contribution is 2.34. The van der Waals surface area contributed by atoms with Crippen LogP contribution in [0.15, 0.2) is 12.7 Å². The Morgan fingerprint density at radius 2 is 2.03 bits per heavy atom. The molecule has 0 bridgehead atoms. The molecule has 29 heavy (non-hydrogen) atoms. The number of unbranched alkanes of at least 4 members (excludes halogenated alkanes) is 1. The molecule has 1 aliphatic rings. The van der Waals surface area contributed by atoms with Gasteiger partial charge in [0.15, 0.2) is 0 Å². The van der Waals surface area contributed by atoms with Crippen LogP contribution in [0.4, 0.5) is 9.80 Å². The van der Waals surface area contributed by atoms with Crippen molar-refractivity contribution in [3.63, 3.8) is 0 Å². The van der Waals surface area contributed by atoms with Gasteiger partial charge in [-0.15, -0.1) is 18.9 Å². The van der Waals surface area contributed by atoms with Crippen molar-refractivity contribution < 1.29 is 4.79 Å². The summed E-state index contributed by atoms with van der Waals surface area (Å²) in [6.07, 6.45) is 13.4. The van der Waals surface area contributed by atoms with Crippen LogP contribution in [0.5, 0.6) is 0 Å². The van der Waals surface area contributed by atoms with Crippen molar-refractivity contribution in [2.75, 3.05) is 24.8 Å². The number of urea groups is 1. The maximum absolute atomic E-state index is 13.4. The number of amides is 2. The molecule has 0 aromatic carbocycles. The summed E-state index contributed by atoms with van der Waals surface area (Å²) in [7, 11) is 0. The first-order valence-electron chi connectivity index (χ1n) is 10.8. The summed E-state index contributed by atoms with van der Waals surface area (Å²) in [6.45, 7) is 14.3. The highest BCUT2D eigenvalue weighted by Gasteiger charge is 2.35. The fourth-order valence-corrected chi connectivity index (χ4v) is 4.57. The van der Waals surface area contributed by atoms with Crippen molar-refractivity contribution in [3.8, 4) is 12.3 Å². The number of aryl methyl sites for hydroxylation is 1. The van der Waals surface area contributed by atoms with E-state index >= 15 is 0 Å². The van der Waals surface area contributed by atoms with Gasteiger partial charge >= 0.3 is 6.03 Å². The third-order valence-electron chi connectivity index (χ3n) is 5.49. The molecule has 0 spiro atoms. The molecule has 1 saturated heterocycles. The highest BCUT2D eigenvalue weighted by atomic mass is 32.1. The van der Waals surface area contributed by atoms with Gasteiger partial charge in [-0.25, -0.2) is 4.79 Å². The van der Waals surface area contributed by atoms with E-state index in [0.29, 0.717) is 26.3 Å². The SMILES string of the molecule is C#CCC(C)N1CN(CC(C)C=C)C(=O)N(c2snc(CCCC)c2CCC)C1. The Hall–Kier alpha value is -1.84. The molecule has 1 aromatic heterocycles. The van der Waals surface area contributed by atoms with Crippen LogP contribution in [-0.4, -0.2) is 46.1 Å². The van der Waals surface area contributed by atoms with E-state index in [2.05, 4.69) is 45.1 Å². The molecular formula is C23H36N4OS. The number of hydrogen-bond acceptors (Lipinski definition) is 4. The van der Waals surface area contributed by atoms with Crippen LogP contribution in [0.3, 0.4) is 0 Å². The van der Waals surface area contributed by atoms with Gasteiger partial charge in [0.25, 0.3) is 0 Å². The molecule has 0 radical (unpaired) electrons. The van der Waals surface area contributed by atoms with Gasteiger partial charge in [-0.05, 0) is 43.6 Å². The molecule has 160 valence electrons. The van der Waals surface area contributed by atoms with Gasteiger partial charge in [-0.1, -0.05) is 39.7 Å². The fraction of sp³-hybridized carbons (Fsp3) is 0.652. The Kier molecular flexibility index (Phi) is 9.19. The van der Waals surface area contributed by atoms with Crippen molar-refractivity contribution in [3.05, 3.63) is 23.9 Å². The number of aromatic nitrogens is 1.